The summed E-state index contributed by atoms with van der Waals surface area (Å²) in [5.74, 6) is 0.641. The van der Waals surface area contributed by atoms with Crippen LogP contribution in [0.4, 0.5) is 5.69 Å². The third kappa shape index (κ3) is 6.44. The van der Waals surface area contributed by atoms with E-state index in [0.717, 1.165) is 11.3 Å². The molecule has 2 N–H and O–H groups in total. The molecule has 2 amide bonds. The number of benzene rings is 2. The zero-order chi connectivity index (χ0) is 20.0. The maximum Gasteiger partial charge on any atom is 0.262 e. The Bertz CT molecular complexity index is 790. The van der Waals surface area contributed by atoms with Crippen LogP contribution in [0.2, 0.25) is 0 Å². The number of ether oxygens (including phenoxy) is 1. The first-order valence-electron chi connectivity index (χ1n) is 9.10. The van der Waals surface area contributed by atoms with Gasteiger partial charge in [0, 0.05) is 16.8 Å². The standard InChI is InChI=1S/C22H28N2O3/c1-15(2)18-8-6-7-9-19(18)27-14-20(25)23-17-12-10-16(11-13-17)21(26)24-22(3,4)5/h6-13,15H,14H2,1-5H3,(H,23,25)(H,24,26). The van der Waals surface area contributed by atoms with Gasteiger partial charge in [0.15, 0.2) is 6.61 Å². The van der Waals surface area contributed by atoms with Crippen molar-refractivity contribution in [3.63, 3.8) is 0 Å². The van der Waals surface area contributed by atoms with Gasteiger partial charge in [-0.05, 0) is 62.6 Å². The Balaban J connectivity index is 1.92. The number of hydrogen-bond acceptors (Lipinski definition) is 3. The lowest BCUT2D eigenvalue weighted by Gasteiger charge is -2.20. The molecular formula is C22H28N2O3. The number of para-hydroxylation sites is 1. The second-order valence-corrected chi connectivity index (χ2v) is 7.81. The lowest BCUT2D eigenvalue weighted by Crippen LogP contribution is -2.40. The average Bonchev–Trinajstić information content (AvgIpc) is 2.59. The van der Waals surface area contributed by atoms with Crippen molar-refractivity contribution < 1.29 is 14.3 Å². The number of anilines is 1. The molecule has 0 saturated carbocycles. The Morgan fingerprint density at radius 3 is 2.22 bits per heavy atom. The summed E-state index contributed by atoms with van der Waals surface area (Å²) in [4.78, 5) is 24.3. The minimum atomic E-state index is -0.298. The first-order valence-corrected chi connectivity index (χ1v) is 9.10. The van der Waals surface area contributed by atoms with Crippen LogP contribution in [0.1, 0.15) is 56.5 Å². The Morgan fingerprint density at radius 2 is 1.63 bits per heavy atom. The molecule has 0 heterocycles. The maximum absolute atomic E-state index is 12.2. The summed E-state index contributed by atoms with van der Waals surface area (Å²) in [6, 6.07) is 14.5. The Morgan fingerprint density at radius 1 is 1.00 bits per heavy atom. The highest BCUT2D eigenvalue weighted by Gasteiger charge is 2.15. The van der Waals surface area contributed by atoms with Gasteiger partial charge >= 0.3 is 0 Å². The van der Waals surface area contributed by atoms with Crippen LogP contribution in [-0.2, 0) is 4.79 Å². The fourth-order valence-corrected chi connectivity index (χ4v) is 2.55. The molecule has 0 unspecified atom stereocenters. The molecule has 0 atom stereocenters. The highest BCUT2D eigenvalue weighted by molar-refractivity contribution is 5.96. The van der Waals surface area contributed by atoms with Gasteiger partial charge < -0.3 is 15.4 Å². The summed E-state index contributed by atoms with van der Waals surface area (Å²) < 4.78 is 5.67. The van der Waals surface area contributed by atoms with E-state index in [1.807, 2.05) is 45.0 Å². The van der Waals surface area contributed by atoms with E-state index in [4.69, 9.17) is 4.74 Å². The van der Waals surface area contributed by atoms with Gasteiger partial charge in [-0.1, -0.05) is 32.0 Å². The van der Waals surface area contributed by atoms with Crippen LogP contribution >= 0.6 is 0 Å². The molecular weight excluding hydrogens is 340 g/mol. The predicted octanol–water partition coefficient (Wildman–Crippen LogP) is 4.36. The largest absolute Gasteiger partial charge is 0.483 e. The molecule has 0 fully saturated rings. The Kier molecular flexibility index (Phi) is 6.61. The van der Waals surface area contributed by atoms with Gasteiger partial charge in [-0.3, -0.25) is 9.59 Å². The summed E-state index contributed by atoms with van der Waals surface area (Å²) in [6.45, 7) is 9.88. The molecule has 5 heteroatoms. The van der Waals surface area contributed by atoms with Crippen molar-refractivity contribution in [2.75, 3.05) is 11.9 Å². The van der Waals surface area contributed by atoms with Gasteiger partial charge in [0.05, 0.1) is 0 Å². The third-order valence-corrected chi connectivity index (χ3v) is 3.82. The van der Waals surface area contributed by atoms with Gasteiger partial charge in [0.25, 0.3) is 11.8 Å². The molecule has 0 radical (unpaired) electrons. The number of carbonyl (C=O) groups is 2. The summed E-state index contributed by atoms with van der Waals surface area (Å²) in [5.41, 5.74) is 1.94. The molecule has 2 aromatic carbocycles. The lowest BCUT2D eigenvalue weighted by atomic mass is 10.0. The molecule has 0 saturated heterocycles. The summed E-state index contributed by atoms with van der Waals surface area (Å²) >= 11 is 0. The average molecular weight is 368 g/mol. The molecule has 0 spiro atoms. The predicted molar refractivity (Wildman–Crippen MR) is 108 cm³/mol. The second kappa shape index (κ2) is 8.71. The zero-order valence-electron chi connectivity index (χ0n) is 16.6. The highest BCUT2D eigenvalue weighted by atomic mass is 16.5. The zero-order valence-corrected chi connectivity index (χ0v) is 16.6. The maximum atomic E-state index is 12.2. The summed E-state index contributed by atoms with van der Waals surface area (Å²) in [5, 5.41) is 5.68. The number of amides is 2. The van der Waals surface area contributed by atoms with E-state index in [9.17, 15) is 9.59 Å². The molecule has 0 aliphatic heterocycles. The second-order valence-electron chi connectivity index (χ2n) is 7.81. The number of nitrogens with one attached hydrogen (secondary N) is 2. The summed E-state index contributed by atoms with van der Waals surface area (Å²) in [6.07, 6.45) is 0. The van der Waals surface area contributed by atoms with Crippen molar-refractivity contribution in [2.24, 2.45) is 0 Å². The Hall–Kier alpha value is -2.82. The van der Waals surface area contributed by atoms with Crippen LogP contribution in [0.5, 0.6) is 5.75 Å². The third-order valence-electron chi connectivity index (χ3n) is 3.82. The van der Waals surface area contributed by atoms with E-state index >= 15 is 0 Å². The fraction of sp³-hybridized carbons (Fsp3) is 0.364. The van der Waals surface area contributed by atoms with Crippen molar-refractivity contribution in [2.45, 2.75) is 46.1 Å². The highest BCUT2D eigenvalue weighted by Crippen LogP contribution is 2.25. The van der Waals surface area contributed by atoms with Crippen LogP contribution in [0, 0.1) is 0 Å². The molecule has 0 bridgehead atoms. The van der Waals surface area contributed by atoms with Gasteiger partial charge in [-0.25, -0.2) is 0 Å². The van der Waals surface area contributed by atoms with Crippen LogP contribution in [-0.4, -0.2) is 24.0 Å². The topological polar surface area (TPSA) is 67.4 Å². The fourth-order valence-electron chi connectivity index (χ4n) is 2.55. The van der Waals surface area contributed by atoms with Gasteiger partial charge in [-0.15, -0.1) is 0 Å². The van der Waals surface area contributed by atoms with E-state index in [0.29, 0.717) is 17.2 Å². The Labute approximate surface area is 161 Å². The van der Waals surface area contributed by atoms with Crippen molar-refractivity contribution in [1.82, 2.24) is 5.32 Å². The minimum absolute atomic E-state index is 0.0734. The minimum Gasteiger partial charge on any atom is -0.483 e. The van der Waals surface area contributed by atoms with Crippen molar-refractivity contribution in [3.05, 3.63) is 59.7 Å². The number of rotatable bonds is 6. The molecule has 144 valence electrons. The smallest absolute Gasteiger partial charge is 0.262 e. The molecule has 2 aromatic rings. The van der Waals surface area contributed by atoms with Crippen molar-refractivity contribution in [3.8, 4) is 5.75 Å². The molecule has 0 aromatic heterocycles. The molecule has 2 rings (SSSR count). The summed E-state index contributed by atoms with van der Waals surface area (Å²) in [7, 11) is 0. The monoisotopic (exact) mass is 368 g/mol. The first kappa shape index (κ1) is 20.5. The van der Waals surface area contributed by atoms with Crippen molar-refractivity contribution in [1.29, 1.82) is 0 Å². The molecule has 0 aliphatic carbocycles. The van der Waals surface area contributed by atoms with E-state index in [2.05, 4.69) is 24.5 Å². The van der Waals surface area contributed by atoms with Gasteiger partial charge in [0.1, 0.15) is 5.75 Å². The lowest BCUT2D eigenvalue weighted by molar-refractivity contribution is -0.118. The SMILES string of the molecule is CC(C)c1ccccc1OCC(=O)Nc1ccc(C(=O)NC(C)(C)C)cc1. The van der Waals surface area contributed by atoms with E-state index < -0.39 is 0 Å². The molecule has 5 nitrogen and oxygen atoms in total. The van der Waals surface area contributed by atoms with Gasteiger partial charge in [0.2, 0.25) is 0 Å². The van der Waals surface area contributed by atoms with Gasteiger partial charge in [-0.2, -0.15) is 0 Å². The molecule has 27 heavy (non-hydrogen) atoms. The van der Waals surface area contributed by atoms with Crippen LogP contribution in [0.25, 0.3) is 0 Å². The molecule has 0 aliphatic rings. The van der Waals surface area contributed by atoms with E-state index in [1.165, 1.54) is 0 Å². The number of carbonyl (C=O) groups excluding carboxylic acids is 2. The van der Waals surface area contributed by atoms with E-state index in [-0.39, 0.29) is 24.0 Å². The van der Waals surface area contributed by atoms with Crippen LogP contribution in [0.15, 0.2) is 48.5 Å². The van der Waals surface area contributed by atoms with Crippen LogP contribution < -0.4 is 15.4 Å². The quantitative estimate of drug-likeness (QED) is 0.796. The van der Waals surface area contributed by atoms with Crippen LogP contribution in [0.3, 0.4) is 0 Å². The van der Waals surface area contributed by atoms with E-state index in [1.54, 1.807) is 24.3 Å². The number of hydrogen-bond donors (Lipinski definition) is 2. The normalized spacial score (nSPS) is 11.2. The first-order chi connectivity index (χ1) is 12.7. The van der Waals surface area contributed by atoms with Crippen molar-refractivity contribution >= 4 is 17.5 Å².